The Morgan fingerprint density at radius 1 is 1.10 bits per heavy atom. The van der Waals surface area contributed by atoms with Crippen molar-refractivity contribution in [2.75, 3.05) is 6.61 Å². The monoisotopic (exact) mass is 271 g/mol. The zero-order valence-electron chi connectivity index (χ0n) is 11.2. The van der Waals surface area contributed by atoms with Gasteiger partial charge < -0.3 is 14.6 Å². The molecule has 0 radical (unpaired) electrons. The molecule has 2 rings (SSSR count). The number of ether oxygens (including phenoxy) is 2. The van der Waals surface area contributed by atoms with Gasteiger partial charge in [0, 0.05) is 0 Å². The smallest absolute Gasteiger partial charge is 0.214 e. The highest BCUT2D eigenvalue weighted by Gasteiger charge is 2.15. The summed E-state index contributed by atoms with van der Waals surface area (Å²) in [5.41, 5.74) is 0.567. The number of benzene rings is 2. The Hall–Kier alpha value is -2.33. The maximum Gasteiger partial charge on any atom is 0.214 e. The zero-order chi connectivity index (χ0) is 14.4. The van der Waals surface area contributed by atoms with Crippen LogP contribution in [-0.4, -0.2) is 17.6 Å². The molecule has 1 atom stereocenters. The largest absolute Gasteiger partial charge is 0.479 e. The number of hydrogen-bond donors (Lipinski definition) is 2. The number of para-hydroxylation sites is 1. The van der Waals surface area contributed by atoms with E-state index in [1.165, 1.54) is 0 Å². The maximum absolute atomic E-state index is 10.0. The van der Waals surface area contributed by atoms with Crippen molar-refractivity contribution < 1.29 is 14.6 Å². The minimum Gasteiger partial charge on any atom is -0.479 e. The van der Waals surface area contributed by atoms with Crippen LogP contribution in [0, 0.1) is 5.41 Å². The van der Waals surface area contributed by atoms with Crippen molar-refractivity contribution in [3.8, 4) is 11.5 Å². The summed E-state index contributed by atoms with van der Waals surface area (Å²) in [6, 6.07) is 16.4. The second-order valence-electron chi connectivity index (χ2n) is 4.19. The highest BCUT2D eigenvalue weighted by atomic mass is 16.5. The van der Waals surface area contributed by atoms with Gasteiger partial charge in [0.05, 0.1) is 6.61 Å². The van der Waals surface area contributed by atoms with Crippen LogP contribution in [0.4, 0.5) is 0 Å². The van der Waals surface area contributed by atoms with Crippen LogP contribution < -0.4 is 4.74 Å². The first kappa shape index (κ1) is 14.1. The van der Waals surface area contributed by atoms with Gasteiger partial charge in [-0.15, -0.1) is 0 Å². The molecule has 0 bridgehead atoms. The van der Waals surface area contributed by atoms with Crippen LogP contribution in [0.1, 0.15) is 18.6 Å². The fraction of sp³-hybridized carbons (Fsp3) is 0.188. The van der Waals surface area contributed by atoms with Gasteiger partial charge in [-0.3, -0.25) is 5.41 Å². The van der Waals surface area contributed by atoms with Gasteiger partial charge in [0.2, 0.25) is 5.90 Å². The zero-order valence-corrected chi connectivity index (χ0v) is 11.2. The minimum atomic E-state index is -1.07. The van der Waals surface area contributed by atoms with Gasteiger partial charge in [0.25, 0.3) is 0 Å². The Balaban J connectivity index is 2.13. The summed E-state index contributed by atoms with van der Waals surface area (Å²) in [7, 11) is 0. The SMILES string of the molecule is CCOC(=N)[C@@H](O)c1cccc(Oc2ccccc2)c1. The van der Waals surface area contributed by atoms with Gasteiger partial charge >= 0.3 is 0 Å². The lowest BCUT2D eigenvalue weighted by Crippen LogP contribution is -2.14. The van der Waals surface area contributed by atoms with Crippen LogP contribution in [-0.2, 0) is 4.74 Å². The van der Waals surface area contributed by atoms with Crippen LogP contribution in [0.2, 0.25) is 0 Å². The Morgan fingerprint density at radius 2 is 1.80 bits per heavy atom. The van der Waals surface area contributed by atoms with Crippen LogP contribution in [0.25, 0.3) is 0 Å². The summed E-state index contributed by atoms with van der Waals surface area (Å²) in [5, 5.41) is 17.6. The van der Waals surface area contributed by atoms with Crippen LogP contribution in [0.3, 0.4) is 0 Å². The molecule has 2 N–H and O–H groups in total. The van der Waals surface area contributed by atoms with E-state index >= 15 is 0 Å². The van der Waals surface area contributed by atoms with E-state index in [0.717, 1.165) is 5.75 Å². The first-order valence-electron chi connectivity index (χ1n) is 6.43. The number of aliphatic hydroxyl groups is 1. The topological polar surface area (TPSA) is 62.5 Å². The average molecular weight is 271 g/mol. The summed E-state index contributed by atoms with van der Waals surface area (Å²) in [5.74, 6) is 1.17. The van der Waals surface area contributed by atoms with E-state index in [-0.39, 0.29) is 5.90 Å². The van der Waals surface area contributed by atoms with Gasteiger partial charge in [0.1, 0.15) is 11.5 Å². The molecule has 0 spiro atoms. The third kappa shape index (κ3) is 3.59. The minimum absolute atomic E-state index is 0.163. The first-order valence-corrected chi connectivity index (χ1v) is 6.43. The predicted octanol–water partition coefficient (Wildman–Crippen LogP) is 3.53. The molecule has 0 aliphatic heterocycles. The van der Waals surface area contributed by atoms with E-state index in [1.807, 2.05) is 30.3 Å². The lowest BCUT2D eigenvalue weighted by Gasteiger charge is -2.14. The van der Waals surface area contributed by atoms with Gasteiger partial charge in [-0.25, -0.2) is 0 Å². The molecule has 0 aromatic heterocycles. The normalized spacial score (nSPS) is 11.7. The maximum atomic E-state index is 10.0. The Labute approximate surface area is 118 Å². The molecule has 0 saturated heterocycles. The van der Waals surface area contributed by atoms with E-state index < -0.39 is 6.10 Å². The highest BCUT2D eigenvalue weighted by molar-refractivity contribution is 5.79. The molecule has 0 amide bonds. The molecular formula is C16H17NO3. The van der Waals surface area contributed by atoms with E-state index in [2.05, 4.69) is 0 Å². The van der Waals surface area contributed by atoms with Gasteiger partial charge in [-0.05, 0) is 36.8 Å². The number of hydrogen-bond acceptors (Lipinski definition) is 4. The van der Waals surface area contributed by atoms with Crippen molar-refractivity contribution in [2.45, 2.75) is 13.0 Å². The molecule has 0 saturated carbocycles. The van der Waals surface area contributed by atoms with Crippen LogP contribution in [0.15, 0.2) is 54.6 Å². The first-order chi connectivity index (χ1) is 9.70. The standard InChI is InChI=1S/C16H17NO3/c1-2-19-16(17)15(18)12-7-6-10-14(11-12)20-13-8-4-3-5-9-13/h3-11,15,17-18H,2H2,1H3/t15-/m0/s1. The predicted molar refractivity (Wildman–Crippen MR) is 77.3 cm³/mol. The van der Waals surface area contributed by atoms with E-state index in [0.29, 0.717) is 17.9 Å². The van der Waals surface area contributed by atoms with Crippen molar-refractivity contribution in [1.82, 2.24) is 0 Å². The molecule has 0 unspecified atom stereocenters. The molecule has 0 heterocycles. The fourth-order valence-corrected chi connectivity index (χ4v) is 1.76. The molecule has 0 fully saturated rings. The second kappa shape index (κ2) is 6.73. The lowest BCUT2D eigenvalue weighted by molar-refractivity contribution is 0.190. The van der Waals surface area contributed by atoms with Gasteiger partial charge in [0.15, 0.2) is 6.10 Å². The van der Waals surface area contributed by atoms with Crippen molar-refractivity contribution >= 4 is 5.90 Å². The third-order valence-corrected chi connectivity index (χ3v) is 2.70. The summed E-state index contributed by atoms with van der Waals surface area (Å²) in [6.07, 6.45) is -1.07. The lowest BCUT2D eigenvalue weighted by atomic mass is 10.1. The Morgan fingerprint density at radius 3 is 2.50 bits per heavy atom. The third-order valence-electron chi connectivity index (χ3n) is 2.70. The number of nitrogens with one attached hydrogen (secondary N) is 1. The summed E-state index contributed by atoms with van der Waals surface area (Å²) < 4.78 is 10.7. The van der Waals surface area contributed by atoms with Gasteiger partial charge in [-0.2, -0.15) is 0 Å². The Bertz CT molecular complexity index is 569. The number of aliphatic hydroxyl groups excluding tert-OH is 1. The van der Waals surface area contributed by atoms with Crippen molar-refractivity contribution in [3.63, 3.8) is 0 Å². The summed E-state index contributed by atoms with van der Waals surface area (Å²) in [6.45, 7) is 2.13. The molecule has 104 valence electrons. The van der Waals surface area contributed by atoms with E-state index in [4.69, 9.17) is 14.9 Å². The van der Waals surface area contributed by atoms with Gasteiger partial charge in [-0.1, -0.05) is 30.3 Å². The molecular weight excluding hydrogens is 254 g/mol. The average Bonchev–Trinajstić information content (AvgIpc) is 2.48. The summed E-state index contributed by atoms with van der Waals surface area (Å²) >= 11 is 0. The molecule has 4 nitrogen and oxygen atoms in total. The van der Waals surface area contributed by atoms with E-state index in [1.54, 1.807) is 31.2 Å². The fourth-order valence-electron chi connectivity index (χ4n) is 1.76. The number of rotatable bonds is 5. The van der Waals surface area contributed by atoms with Crippen molar-refractivity contribution in [1.29, 1.82) is 5.41 Å². The van der Waals surface area contributed by atoms with Crippen LogP contribution in [0.5, 0.6) is 11.5 Å². The molecule has 0 aliphatic rings. The second-order valence-corrected chi connectivity index (χ2v) is 4.19. The van der Waals surface area contributed by atoms with Crippen molar-refractivity contribution in [2.24, 2.45) is 0 Å². The highest BCUT2D eigenvalue weighted by Crippen LogP contribution is 2.25. The molecule has 20 heavy (non-hydrogen) atoms. The molecule has 0 aliphatic carbocycles. The van der Waals surface area contributed by atoms with Crippen LogP contribution >= 0.6 is 0 Å². The quantitative estimate of drug-likeness (QED) is 0.646. The van der Waals surface area contributed by atoms with E-state index in [9.17, 15) is 5.11 Å². The Kier molecular flexibility index (Phi) is 4.74. The molecule has 4 heteroatoms. The summed E-state index contributed by atoms with van der Waals surface area (Å²) in [4.78, 5) is 0. The molecule has 2 aromatic rings. The van der Waals surface area contributed by atoms with Crippen molar-refractivity contribution in [3.05, 3.63) is 60.2 Å². The molecule has 2 aromatic carbocycles.